The molecule has 0 heteroatoms. The first kappa shape index (κ1) is 9.93. The topological polar surface area (TPSA) is 0 Å². The second-order valence-electron chi connectivity index (χ2n) is 6.95. The van der Waals surface area contributed by atoms with Crippen molar-refractivity contribution in [2.75, 3.05) is 0 Å². The van der Waals surface area contributed by atoms with E-state index in [9.17, 15) is 0 Å². The van der Waals surface area contributed by atoms with E-state index in [-0.39, 0.29) is 0 Å². The maximum absolute atomic E-state index is 2.55. The lowest BCUT2D eigenvalue weighted by molar-refractivity contribution is 0.0708. The molecule has 0 radical (unpaired) electrons. The fraction of sp³-hybridized carbons (Fsp3) is 0.867. The minimum absolute atomic E-state index is 0.603. The molecule has 2 saturated carbocycles. The van der Waals surface area contributed by atoms with Crippen LogP contribution in [0.4, 0.5) is 0 Å². The minimum atomic E-state index is 0.603. The highest BCUT2D eigenvalue weighted by Crippen LogP contribution is 2.64. The summed E-state index contributed by atoms with van der Waals surface area (Å²) < 4.78 is 0. The second kappa shape index (κ2) is 2.90. The molecule has 0 aromatic heterocycles. The highest BCUT2D eigenvalue weighted by atomic mass is 14.6. The van der Waals surface area contributed by atoms with Crippen LogP contribution >= 0.6 is 0 Å². The molecule has 0 heterocycles. The van der Waals surface area contributed by atoms with Crippen LogP contribution in [-0.4, -0.2) is 0 Å². The number of allylic oxidation sites excluding steroid dienone is 2. The maximum atomic E-state index is 2.55. The summed E-state index contributed by atoms with van der Waals surface area (Å²) in [6.45, 7) is 9.95. The van der Waals surface area contributed by atoms with Crippen LogP contribution in [0.2, 0.25) is 0 Å². The molecule has 2 fully saturated rings. The summed E-state index contributed by atoms with van der Waals surface area (Å²) in [6, 6.07) is 0. The molecule has 0 N–H and O–H groups in total. The lowest BCUT2D eigenvalue weighted by Gasteiger charge is -2.46. The van der Waals surface area contributed by atoms with Crippen LogP contribution in [-0.2, 0) is 0 Å². The van der Waals surface area contributed by atoms with Gasteiger partial charge in [-0.2, -0.15) is 0 Å². The molecule has 0 nitrogen and oxygen atoms in total. The standard InChI is InChI=1S/C15H24/c1-9-5-6-12-10(2)11-7-8-15(3,4)14(12)13(9)11/h5,10-14H,6-8H2,1-4H3/t10-,11-,12-,13+,14+/m0/s1. The third-order valence-corrected chi connectivity index (χ3v) is 5.92. The Morgan fingerprint density at radius 3 is 2.67 bits per heavy atom. The van der Waals surface area contributed by atoms with Crippen LogP contribution in [0.1, 0.15) is 47.0 Å². The van der Waals surface area contributed by atoms with Crippen LogP contribution in [0.3, 0.4) is 0 Å². The molecule has 0 aromatic rings. The van der Waals surface area contributed by atoms with E-state index in [1.54, 1.807) is 5.57 Å². The van der Waals surface area contributed by atoms with E-state index in [1.165, 1.54) is 19.3 Å². The molecule has 0 unspecified atom stereocenters. The lowest BCUT2D eigenvalue weighted by atomic mass is 9.59. The van der Waals surface area contributed by atoms with Crippen LogP contribution in [0, 0.1) is 35.0 Å². The Morgan fingerprint density at radius 2 is 2.00 bits per heavy atom. The van der Waals surface area contributed by atoms with E-state index in [2.05, 4.69) is 33.8 Å². The molecule has 15 heavy (non-hydrogen) atoms. The Kier molecular flexibility index (Phi) is 1.92. The van der Waals surface area contributed by atoms with Gasteiger partial charge in [-0.05, 0) is 61.2 Å². The summed E-state index contributed by atoms with van der Waals surface area (Å²) >= 11 is 0. The Labute approximate surface area is 94.1 Å². The average molecular weight is 204 g/mol. The van der Waals surface area contributed by atoms with Gasteiger partial charge in [-0.3, -0.25) is 0 Å². The van der Waals surface area contributed by atoms with Crippen molar-refractivity contribution >= 4 is 0 Å². The van der Waals surface area contributed by atoms with Crippen molar-refractivity contribution in [1.29, 1.82) is 0 Å². The summed E-state index contributed by atoms with van der Waals surface area (Å²) in [7, 11) is 0. The quantitative estimate of drug-likeness (QED) is 0.517. The van der Waals surface area contributed by atoms with E-state index in [1.807, 2.05) is 0 Å². The smallest absolute Gasteiger partial charge is 0.0139 e. The Morgan fingerprint density at radius 1 is 1.27 bits per heavy atom. The van der Waals surface area contributed by atoms with Gasteiger partial charge in [0.15, 0.2) is 0 Å². The van der Waals surface area contributed by atoms with Crippen molar-refractivity contribution in [2.45, 2.75) is 47.0 Å². The summed E-state index contributed by atoms with van der Waals surface area (Å²) in [5.41, 5.74) is 2.32. The second-order valence-corrected chi connectivity index (χ2v) is 6.95. The predicted octanol–water partition coefficient (Wildman–Crippen LogP) is 4.27. The molecule has 0 spiro atoms. The van der Waals surface area contributed by atoms with Gasteiger partial charge in [-0.1, -0.05) is 32.4 Å². The molecule has 0 amide bonds. The molecule has 4 bridgehead atoms. The predicted molar refractivity (Wildman–Crippen MR) is 64.5 cm³/mol. The molecule has 0 saturated heterocycles. The maximum Gasteiger partial charge on any atom is -0.0139 e. The molecular formula is C15H24. The van der Waals surface area contributed by atoms with Crippen LogP contribution in [0.5, 0.6) is 0 Å². The normalized spacial score (nSPS) is 51.5. The highest BCUT2D eigenvalue weighted by Gasteiger charge is 2.57. The summed E-state index contributed by atoms with van der Waals surface area (Å²) in [5, 5.41) is 0. The van der Waals surface area contributed by atoms with E-state index in [0.717, 1.165) is 29.6 Å². The van der Waals surface area contributed by atoms with E-state index >= 15 is 0 Å². The van der Waals surface area contributed by atoms with Crippen molar-refractivity contribution in [3.63, 3.8) is 0 Å². The molecule has 0 aromatic carbocycles. The van der Waals surface area contributed by atoms with Gasteiger partial charge in [0.25, 0.3) is 0 Å². The van der Waals surface area contributed by atoms with E-state index in [4.69, 9.17) is 0 Å². The molecular weight excluding hydrogens is 180 g/mol. The van der Waals surface area contributed by atoms with Gasteiger partial charge < -0.3 is 0 Å². The SMILES string of the molecule is CC1=CC[C@H]2[C@@H](C)[C@@H]3CCC(C)(C)[C@H]2[C@H]13. The Balaban J connectivity index is 2.07. The van der Waals surface area contributed by atoms with Crippen molar-refractivity contribution < 1.29 is 0 Å². The van der Waals surface area contributed by atoms with Crippen molar-refractivity contribution in [3.05, 3.63) is 11.6 Å². The Hall–Kier alpha value is -0.260. The third-order valence-electron chi connectivity index (χ3n) is 5.92. The van der Waals surface area contributed by atoms with Crippen LogP contribution in [0.15, 0.2) is 11.6 Å². The fourth-order valence-electron chi connectivity index (χ4n) is 5.16. The first-order chi connectivity index (χ1) is 7.02. The van der Waals surface area contributed by atoms with Gasteiger partial charge >= 0.3 is 0 Å². The third kappa shape index (κ3) is 1.14. The van der Waals surface area contributed by atoms with Gasteiger partial charge in [0.1, 0.15) is 0 Å². The largest absolute Gasteiger partial charge is 0.0850 e. The highest BCUT2D eigenvalue weighted by molar-refractivity contribution is 5.22. The number of hydrogen-bond donors (Lipinski definition) is 0. The molecule has 0 aliphatic heterocycles. The zero-order chi connectivity index (χ0) is 10.8. The Bertz CT molecular complexity index is 310. The van der Waals surface area contributed by atoms with E-state index < -0.39 is 0 Å². The molecule has 84 valence electrons. The fourth-order valence-corrected chi connectivity index (χ4v) is 5.16. The minimum Gasteiger partial charge on any atom is -0.0850 e. The summed E-state index contributed by atoms with van der Waals surface area (Å²) in [6.07, 6.45) is 6.86. The first-order valence-electron chi connectivity index (χ1n) is 6.69. The molecule has 3 aliphatic rings. The van der Waals surface area contributed by atoms with Crippen molar-refractivity contribution in [3.8, 4) is 0 Å². The zero-order valence-electron chi connectivity index (χ0n) is 10.6. The monoisotopic (exact) mass is 204 g/mol. The van der Waals surface area contributed by atoms with Crippen LogP contribution < -0.4 is 0 Å². The van der Waals surface area contributed by atoms with E-state index in [0.29, 0.717) is 5.41 Å². The number of rotatable bonds is 0. The van der Waals surface area contributed by atoms with Gasteiger partial charge in [-0.25, -0.2) is 0 Å². The van der Waals surface area contributed by atoms with Crippen molar-refractivity contribution in [2.24, 2.45) is 35.0 Å². The van der Waals surface area contributed by atoms with Crippen LogP contribution in [0.25, 0.3) is 0 Å². The van der Waals surface area contributed by atoms with Gasteiger partial charge in [0, 0.05) is 0 Å². The van der Waals surface area contributed by atoms with Gasteiger partial charge in [-0.15, -0.1) is 0 Å². The molecule has 5 atom stereocenters. The van der Waals surface area contributed by atoms with Gasteiger partial charge in [0.2, 0.25) is 0 Å². The molecule has 3 rings (SSSR count). The zero-order valence-corrected chi connectivity index (χ0v) is 10.6. The average Bonchev–Trinajstić information content (AvgIpc) is 2.34. The molecule has 3 aliphatic carbocycles. The lowest BCUT2D eigenvalue weighted by Crippen LogP contribution is -2.38. The summed E-state index contributed by atoms with van der Waals surface area (Å²) in [4.78, 5) is 0. The first-order valence-corrected chi connectivity index (χ1v) is 6.69. The number of hydrogen-bond acceptors (Lipinski definition) is 0. The van der Waals surface area contributed by atoms with Gasteiger partial charge in [0.05, 0.1) is 0 Å². The van der Waals surface area contributed by atoms with Crippen molar-refractivity contribution in [1.82, 2.24) is 0 Å². The summed E-state index contributed by atoms with van der Waals surface area (Å²) in [5.74, 6) is 4.95.